The Morgan fingerprint density at radius 3 is 2.71 bits per heavy atom. The highest BCUT2D eigenvalue weighted by molar-refractivity contribution is 7.91. The van der Waals surface area contributed by atoms with E-state index >= 15 is 0 Å². The van der Waals surface area contributed by atoms with Crippen LogP contribution in [0.3, 0.4) is 0 Å². The van der Waals surface area contributed by atoms with Crippen molar-refractivity contribution in [1.29, 1.82) is 0 Å². The lowest BCUT2D eigenvalue weighted by Gasteiger charge is -2.23. The number of anilines is 1. The zero-order valence-corrected chi connectivity index (χ0v) is 12.0. The Bertz CT molecular complexity index is 672. The first-order valence-corrected chi connectivity index (χ1v) is 7.60. The molecule has 0 aliphatic carbocycles. The Kier molecular flexibility index (Phi) is 4.03. The van der Waals surface area contributed by atoms with E-state index in [0.717, 1.165) is 0 Å². The van der Waals surface area contributed by atoms with Crippen LogP contribution in [0.15, 0.2) is 24.3 Å². The van der Waals surface area contributed by atoms with Crippen LogP contribution >= 0.6 is 0 Å². The van der Waals surface area contributed by atoms with Crippen molar-refractivity contribution in [2.24, 2.45) is 0 Å². The number of carboxylic acid groups (broad SMARTS) is 1. The normalized spacial score (nSPS) is 17.2. The van der Waals surface area contributed by atoms with E-state index in [-0.39, 0.29) is 18.7 Å². The van der Waals surface area contributed by atoms with Crippen LogP contribution in [0.4, 0.5) is 10.5 Å². The van der Waals surface area contributed by atoms with Crippen molar-refractivity contribution in [2.75, 3.05) is 10.9 Å². The predicted molar refractivity (Wildman–Crippen MR) is 73.1 cm³/mol. The molecular weight excluding hydrogens is 300 g/mol. The number of nitrogens with one attached hydrogen (secondary N) is 1. The predicted octanol–water partition coefficient (Wildman–Crippen LogP) is 0.493. The second kappa shape index (κ2) is 5.60. The van der Waals surface area contributed by atoms with Gasteiger partial charge in [-0.05, 0) is 18.6 Å². The number of para-hydroxylation sites is 1. The molecule has 0 fully saturated rings. The second-order valence-corrected chi connectivity index (χ2v) is 5.86. The fraction of sp³-hybridized carbons (Fsp3) is 0.333. The molecule has 0 aromatic heterocycles. The topological polar surface area (TPSA) is 113 Å². The first kappa shape index (κ1) is 15.1. The number of aliphatic carboxylic acids is 1. The lowest BCUT2D eigenvalue weighted by molar-refractivity contribution is -0.138. The monoisotopic (exact) mass is 314 g/mol. The molecule has 0 saturated heterocycles. The Hall–Kier alpha value is -2.29. The van der Waals surface area contributed by atoms with Crippen molar-refractivity contribution in [3.05, 3.63) is 29.8 Å². The summed E-state index contributed by atoms with van der Waals surface area (Å²) in [5.41, 5.74) is 0.820. The van der Waals surface area contributed by atoms with Crippen LogP contribution in [0.25, 0.3) is 0 Å². The Labute approximate surface area is 121 Å². The summed E-state index contributed by atoms with van der Waals surface area (Å²) in [5, 5.41) is 9.21. The number of hydrogen-bond donors (Lipinski definition) is 2. The summed E-state index contributed by atoms with van der Waals surface area (Å²) in [7, 11) is -4.36. The van der Waals surface area contributed by atoms with Gasteiger partial charge in [0.25, 0.3) is 0 Å². The van der Waals surface area contributed by atoms with Gasteiger partial charge in [0.05, 0.1) is 12.3 Å². The van der Waals surface area contributed by atoms with Gasteiger partial charge in [-0.2, -0.15) is 8.42 Å². The third-order valence-electron chi connectivity index (χ3n) is 2.96. The fourth-order valence-electron chi connectivity index (χ4n) is 2.16. The highest BCUT2D eigenvalue weighted by Gasteiger charge is 2.42. The molecule has 1 heterocycles. The molecule has 8 nitrogen and oxygen atoms in total. The van der Waals surface area contributed by atoms with E-state index in [9.17, 15) is 23.1 Å². The first-order valence-electron chi connectivity index (χ1n) is 6.16. The van der Waals surface area contributed by atoms with Gasteiger partial charge in [0.1, 0.15) is 6.04 Å². The second-order valence-electron chi connectivity index (χ2n) is 4.31. The van der Waals surface area contributed by atoms with Gasteiger partial charge in [0, 0.05) is 6.42 Å². The van der Waals surface area contributed by atoms with Gasteiger partial charge in [-0.3, -0.25) is 0 Å². The van der Waals surface area contributed by atoms with Crippen LogP contribution in [0, 0.1) is 0 Å². The molecule has 9 heteroatoms. The maximum absolute atomic E-state index is 12.2. The number of nitrogens with zero attached hydrogens (tertiary/aromatic N) is 1. The van der Waals surface area contributed by atoms with Gasteiger partial charge in [-0.15, -0.1) is 0 Å². The highest BCUT2D eigenvalue weighted by Crippen LogP contribution is 2.33. The van der Waals surface area contributed by atoms with Gasteiger partial charge in [0.2, 0.25) is 0 Å². The minimum atomic E-state index is -4.36. The number of carboxylic acids is 1. The third kappa shape index (κ3) is 2.92. The summed E-state index contributed by atoms with van der Waals surface area (Å²) < 4.78 is 31.4. The fourth-order valence-corrected chi connectivity index (χ4v) is 3.46. The third-order valence-corrected chi connectivity index (χ3v) is 4.35. The quantitative estimate of drug-likeness (QED) is 0.836. The number of ether oxygens (including phenoxy) is 1. The number of carbonyl (C=O) groups is 2. The zero-order chi connectivity index (χ0) is 15.6. The molecule has 1 unspecified atom stereocenters. The minimum absolute atomic E-state index is 0.000297. The number of fused-ring (bicyclic) bond motifs is 1. The van der Waals surface area contributed by atoms with Crippen LogP contribution in [0.5, 0.6) is 0 Å². The number of carbonyl (C=O) groups excluding carboxylic acids is 1. The summed E-state index contributed by atoms with van der Waals surface area (Å²) in [6.07, 6.45) is -1.11. The Morgan fingerprint density at radius 1 is 1.43 bits per heavy atom. The minimum Gasteiger partial charge on any atom is -0.480 e. The van der Waals surface area contributed by atoms with Crippen molar-refractivity contribution in [3.63, 3.8) is 0 Å². The van der Waals surface area contributed by atoms with Crippen molar-refractivity contribution < 1.29 is 27.9 Å². The van der Waals surface area contributed by atoms with Crippen LogP contribution in [-0.4, -0.2) is 38.2 Å². The van der Waals surface area contributed by atoms with Crippen molar-refractivity contribution in [2.45, 2.75) is 19.4 Å². The molecule has 1 aromatic rings. The SMILES string of the molecule is CCOC(=O)NS(=O)(=O)N1c2ccccc2CC1C(=O)O. The lowest BCUT2D eigenvalue weighted by Crippen LogP contribution is -2.50. The molecule has 114 valence electrons. The van der Waals surface area contributed by atoms with Gasteiger partial charge in [-0.25, -0.2) is 18.6 Å². The lowest BCUT2D eigenvalue weighted by atomic mass is 10.1. The summed E-state index contributed by atoms with van der Waals surface area (Å²) in [4.78, 5) is 22.6. The van der Waals surface area contributed by atoms with Crippen LogP contribution in [-0.2, 0) is 26.2 Å². The van der Waals surface area contributed by atoms with Gasteiger partial charge < -0.3 is 9.84 Å². The first-order chi connectivity index (χ1) is 9.86. The van der Waals surface area contributed by atoms with Crippen LogP contribution < -0.4 is 9.03 Å². The van der Waals surface area contributed by atoms with Gasteiger partial charge >= 0.3 is 22.3 Å². The molecule has 1 amide bonds. The average Bonchev–Trinajstić information content (AvgIpc) is 2.78. The van der Waals surface area contributed by atoms with E-state index in [2.05, 4.69) is 4.74 Å². The van der Waals surface area contributed by atoms with Gasteiger partial charge in [-0.1, -0.05) is 18.2 Å². The number of rotatable bonds is 4. The van der Waals surface area contributed by atoms with E-state index in [1.54, 1.807) is 22.9 Å². The molecule has 0 bridgehead atoms. The molecule has 1 aliphatic heterocycles. The number of hydrogen-bond acceptors (Lipinski definition) is 5. The maximum atomic E-state index is 12.2. The highest BCUT2D eigenvalue weighted by atomic mass is 32.2. The maximum Gasteiger partial charge on any atom is 0.422 e. The molecule has 0 radical (unpaired) electrons. The van der Waals surface area contributed by atoms with Crippen molar-refractivity contribution >= 4 is 28.0 Å². The molecule has 2 rings (SSSR count). The van der Waals surface area contributed by atoms with Gasteiger partial charge in [0.15, 0.2) is 0 Å². The standard InChI is InChI=1S/C12H14N2O6S/c1-2-20-12(17)13-21(18,19)14-9-6-4-3-5-8(9)7-10(14)11(15)16/h3-6,10H,2,7H2,1H3,(H,13,17)(H,15,16). The summed E-state index contributed by atoms with van der Waals surface area (Å²) in [5.74, 6) is -1.29. The molecule has 0 spiro atoms. The Balaban J connectivity index is 2.38. The van der Waals surface area contributed by atoms with Crippen molar-refractivity contribution in [3.8, 4) is 0 Å². The van der Waals surface area contributed by atoms with Crippen LogP contribution in [0.1, 0.15) is 12.5 Å². The smallest absolute Gasteiger partial charge is 0.422 e. The zero-order valence-electron chi connectivity index (χ0n) is 11.1. The number of benzene rings is 1. The molecule has 1 aromatic carbocycles. The average molecular weight is 314 g/mol. The van der Waals surface area contributed by atoms with Crippen LogP contribution in [0.2, 0.25) is 0 Å². The molecular formula is C12H14N2O6S. The molecule has 2 N–H and O–H groups in total. The summed E-state index contributed by atoms with van der Waals surface area (Å²) in [6, 6.07) is 5.12. The van der Waals surface area contributed by atoms with E-state index in [1.807, 2.05) is 0 Å². The van der Waals surface area contributed by atoms with Crippen molar-refractivity contribution in [1.82, 2.24) is 4.72 Å². The Morgan fingerprint density at radius 2 is 2.10 bits per heavy atom. The molecule has 0 saturated carbocycles. The summed E-state index contributed by atoms with van der Waals surface area (Å²) >= 11 is 0. The largest absolute Gasteiger partial charge is 0.480 e. The van der Waals surface area contributed by atoms with E-state index in [0.29, 0.717) is 9.87 Å². The molecule has 21 heavy (non-hydrogen) atoms. The van der Waals surface area contributed by atoms with E-state index < -0.39 is 28.3 Å². The van der Waals surface area contributed by atoms with E-state index in [1.165, 1.54) is 13.0 Å². The summed E-state index contributed by atoms with van der Waals surface area (Å²) in [6.45, 7) is 1.53. The molecule has 1 aliphatic rings. The number of amides is 1. The molecule has 1 atom stereocenters. The van der Waals surface area contributed by atoms with E-state index in [4.69, 9.17) is 0 Å².